The molecule has 2 heterocycles. The van der Waals surface area contributed by atoms with E-state index in [0.29, 0.717) is 16.4 Å². The van der Waals surface area contributed by atoms with Crippen LogP contribution in [0.15, 0.2) is 85.2 Å². The number of benzene rings is 3. The Morgan fingerprint density at radius 3 is 2.74 bits per heavy atom. The maximum Gasteiger partial charge on any atom is 0.255 e. The number of nitrogens with zero attached hydrogens (tertiary/aromatic N) is 2. The highest BCUT2D eigenvalue weighted by molar-refractivity contribution is 6.31. The Kier molecular flexibility index (Phi) is 4.81. The summed E-state index contributed by atoms with van der Waals surface area (Å²) in [5.74, 6) is 0.514. The van der Waals surface area contributed by atoms with Crippen LogP contribution in [0.2, 0.25) is 5.02 Å². The number of carbonyl (C=O) groups excluding carboxylic acids is 1. The third-order valence-corrected chi connectivity index (χ3v) is 5.49. The normalized spacial score (nSPS) is 11.0. The van der Waals surface area contributed by atoms with Crippen molar-refractivity contribution in [2.45, 2.75) is 0 Å². The lowest BCUT2D eigenvalue weighted by Gasteiger charge is -2.11. The average Bonchev–Trinajstić information content (AvgIpc) is 3.14. The molecule has 0 saturated carbocycles. The van der Waals surface area contributed by atoms with Gasteiger partial charge in [-0.2, -0.15) is 0 Å². The Labute approximate surface area is 184 Å². The molecule has 0 saturated heterocycles. The van der Waals surface area contributed by atoms with Crippen molar-refractivity contribution in [3.8, 4) is 0 Å². The van der Waals surface area contributed by atoms with Gasteiger partial charge in [-0.1, -0.05) is 23.7 Å². The third kappa shape index (κ3) is 3.83. The van der Waals surface area contributed by atoms with Crippen LogP contribution < -0.4 is 10.6 Å². The molecule has 5 aromatic rings. The number of hydrogen-bond acceptors (Lipinski definition) is 3. The minimum absolute atomic E-state index is 0.173. The quantitative estimate of drug-likeness (QED) is 0.350. The van der Waals surface area contributed by atoms with Crippen molar-refractivity contribution in [1.29, 1.82) is 0 Å². The van der Waals surface area contributed by atoms with Gasteiger partial charge in [-0.15, -0.1) is 0 Å². The maximum absolute atomic E-state index is 12.8. The number of amides is 1. The van der Waals surface area contributed by atoms with Gasteiger partial charge >= 0.3 is 0 Å². The number of nitrogens with one attached hydrogen (secondary N) is 2. The number of anilines is 3. The summed E-state index contributed by atoms with van der Waals surface area (Å²) >= 11 is 6.17. The van der Waals surface area contributed by atoms with E-state index in [1.807, 2.05) is 78.5 Å². The summed E-state index contributed by atoms with van der Waals surface area (Å²) in [7, 11) is 2.00. The summed E-state index contributed by atoms with van der Waals surface area (Å²) in [5.41, 5.74) is 3.20. The minimum Gasteiger partial charge on any atom is -0.351 e. The summed E-state index contributed by atoms with van der Waals surface area (Å²) in [4.78, 5) is 17.3. The van der Waals surface area contributed by atoms with Crippen LogP contribution in [0.3, 0.4) is 0 Å². The molecule has 6 heteroatoms. The molecule has 3 aromatic carbocycles. The number of rotatable bonds is 4. The summed E-state index contributed by atoms with van der Waals surface area (Å²) in [5, 5.41) is 9.96. The summed E-state index contributed by atoms with van der Waals surface area (Å²) < 4.78 is 2.05. The first-order valence-corrected chi connectivity index (χ1v) is 10.2. The van der Waals surface area contributed by atoms with Crippen LogP contribution in [0.25, 0.3) is 21.7 Å². The lowest BCUT2D eigenvalue weighted by Crippen LogP contribution is -2.12. The van der Waals surface area contributed by atoms with Crippen molar-refractivity contribution in [1.82, 2.24) is 9.55 Å². The summed E-state index contributed by atoms with van der Waals surface area (Å²) in [6.45, 7) is 0. The van der Waals surface area contributed by atoms with Gasteiger partial charge in [0, 0.05) is 57.7 Å². The molecule has 0 fully saturated rings. The van der Waals surface area contributed by atoms with E-state index in [1.165, 1.54) is 0 Å². The first-order valence-electron chi connectivity index (χ1n) is 9.85. The molecular weight excluding hydrogens is 408 g/mol. The van der Waals surface area contributed by atoms with Gasteiger partial charge in [-0.05, 0) is 66.0 Å². The number of aryl methyl sites for hydroxylation is 1. The number of aromatic nitrogens is 2. The summed E-state index contributed by atoms with van der Waals surface area (Å²) in [6, 6.07) is 22.9. The molecular formula is C25H19ClN4O. The topological polar surface area (TPSA) is 59.0 Å². The first kappa shape index (κ1) is 19.2. The minimum atomic E-state index is -0.173. The molecule has 0 aliphatic rings. The van der Waals surface area contributed by atoms with Crippen LogP contribution in [0.1, 0.15) is 10.4 Å². The molecule has 0 bridgehead atoms. The Morgan fingerprint density at radius 2 is 1.84 bits per heavy atom. The van der Waals surface area contributed by atoms with E-state index in [-0.39, 0.29) is 5.91 Å². The van der Waals surface area contributed by atoms with Gasteiger partial charge in [0.15, 0.2) is 0 Å². The molecule has 0 atom stereocenters. The van der Waals surface area contributed by atoms with Crippen LogP contribution in [-0.2, 0) is 7.05 Å². The highest BCUT2D eigenvalue weighted by Crippen LogP contribution is 2.27. The van der Waals surface area contributed by atoms with Gasteiger partial charge < -0.3 is 15.2 Å². The Morgan fingerprint density at radius 1 is 0.935 bits per heavy atom. The Balaban J connectivity index is 1.39. The van der Waals surface area contributed by atoms with Crippen LogP contribution in [-0.4, -0.2) is 15.5 Å². The maximum atomic E-state index is 12.8. The van der Waals surface area contributed by atoms with E-state index >= 15 is 0 Å². The summed E-state index contributed by atoms with van der Waals surface area (Å²) in [6.07, 6.45) is 3.74. The van der Waals surface area contributed by atoms with Crippen molar-refractivity contribution >= 4 is 56.4 Å². The fourth-order valence-corrected chi connectivity index (χ4v) is 3.85. The van der Waals surface area contributed by atoms with Crippen molar-refractivity contribution in [2.24, 2.45) is 7.05 Å². The van der Waals surface area contributed by atoms with Gasteiger partial charge in [0.1, 0.15) is 5.82 Å². The fraction of sp³-hybridized carbons (Fsp3) is 0.0400. The molecule has 152 valence electrons. The van der Waals surface area contributed by atoms with E-state index in [0.717, 1.165) is 33.1 Å². The number of halogens is 1. The molecule has 2 N–H and O–H groups in total. The monoisotopic (exact) mass is 426 g/mol. The number of fused-ring (bicyclic) bond motifs is 2. The van der Waals surface area contributed by atoms with Crippen LogP contribution in [0.4, 0.5) is 17.2 Å². The van der Waals surface area contributed by atoms with Crippen molar-refractivity contribution in [3.63, 3.8) is 0 Å². The molecule has 5 rings (SSSR count). The van der Waals surface area contributed by atoms with E-state index < -0.39 is 0 Å². The smallest absolute Gasteiger partial charge is 0.255 e. The zero-order valence-corrected chi connectivity index (χ0v) is 17.5. The molecule has 0 unspecified atom stereocenters. The molecule has 31 heavy (non-hydrogen) atoms. The SMILES string of the molecule is Cn1ccc2cc(NC(=O)c3cccc(Nc4nccc5ccc(Cl)cc45)c3)ccc21. The molecule has 0 aliphatic heterocycles. The Hall–Kier alpha value is -3.83. The molecule has 0 radical (unpaired) electrons. The van der Waals surface area contributed by atoms with Crippen molar-refractivity contribution < 1.29 is 4.79 Å². The molecule has 1 amide bonds. The molecule has 2 aromatic heterocycles. The highest BCUT2D eigenvalue weighted by Gasteiger charge is 2.10. The number of pyridine rings is 1. The van der Waals surface area contributed by atoms with Crippen LogP contribution >= 0.6 is 11.6 Å². The van der Waals surface area contributed by atoms with Gasteiger partial charge in [-0.3, -0.25) is 4.79 Å². The number of hydrogen-bond donors (Lipinski definition) is 2. The lowest BCUT2D eigenvalue weighted by molar-refractivity contribution is 0.102. The second-order valence-electron chi connectivity index (χ2n) is 7.39. The van der Waals surface area contributed by atoms with E-state index in [2.05, 4.69) is 15.6 Å². The van der Waals surface area contributed by atoms with E-state index in [1.54, 1.807) is 18.3 Å². The Bertz CT molecular complexity index is 1440. The second-order valence-corrected chi connectivity index (χ2v) is 7.82. The predicted molar refractivity (Wildman–Crippen MR) is 127 cm³/mol. The van der Waals surface area contributed by atoms with Crippen molar-refractivity contribution in [2.75, 3.05) is 10.6 Å². The lowest BCUT2D eigenvalue weighted by atomic mass is 10.1. The fourth-order valence-electron chi connectivity index (χ4n) is 3.68. The van der Waals surface area contributed by atoms with Gasteiger partial charge in [0.05, 0.1) is 0 Å². The first-order chi connectivity index (χ1) is 15.1. The van der Waals surface area contributed by atoms with Crippen LogP contribution in [0, 0.1) is 0 Å². The van der Waals surface area contributed by atoms with E-state index in [4.69, 9.17) is 11.6 Å². The van der Waals surface area contributed by atoms with Gasteiger partial charge in [0.25, 0.3) is 5.91 Å². The zero-order valence-electron chi connectivity index (χ0n) is 16.8. The third-order valence-electron chi connectivity index (χ3n) is 5.26. The molecule has 0 aliphatic carbocycles. The molecule has 0 spiro atoms. The van der Waals surface area contributed by atoms with Gasteiger partial charge in [0.2, 0.25) is 0 Å². The molecule has 5 nitrogen and oxygen atoms in total. The van der Waals surface area contributed by atoms with E-state index in [9.17, 15) is 4.79 Å². The highest BCUT2D eigenvalue weighted by atomic mass is 35.5. The zero-order chi connectivity index (χ0) is 21.4. The second kappa shape index (κ2) is 7.78. The standard InChI is InChI=1S/C25H19ClN4O/c1-30-12-10-17-13-21(7-8-23(17)30)29-25(31)18-3-2-4-20(14-18)28-24-22-15-19(26)6-5-16(22)9-11-27-24/h2-15H,1H3,(H,27,28)(H,29,31). The van der Waals surface area contributed by atoms with Crippen LogP contribution in [0.5, 0.6) is 0 Å². The predicted octanol–water partition coefficient (Wildman–Crippen LogP) is 6.38. The largest absolute Gasteiger partial charge is 0.351 e. The van der Waals surface area contributed by atoms with Crippen molar-refractivity contribution in [3.05, 3.63) is 95.8 Å². The van der Waals surface area contributed by atoms with Gasteiger partial charge in [-0.25, -0.2) is 4.98 Å². The number of carbonyl (C=O) groups is 1. The average molecular weight is 427 g/mol.